The Kier molecular flexibility index (Phi) is 2.33. The minimum Gasteiger partial charge on any atom is -0.323 e. The SMILES string of the molecule is NN=Cc1ccc2nc(Cl)ccc2c1. The molecule has 2 N–H and O–H groups in total. The van der Waals surface area contributed by atoms with Gasteiger partial charge in [-0.25, -0.2) is 4.98 Å². The van der Waals surface area contributed by atoms with Gasteiger partial charge < -0.3 is 5.84 Å². The number of hydrazone groups is 1. The molecule has 0 atom stereocenters. The van der Waals surface area contributed by atoms with Crippen molar-refractivity contribution < 1.29 is 0 Å². The van der Waals surface area contributed by atoms with Crippen molar-refractivity contribution in [2.24, 2.45) is 10.9 Å². The number of pyridine rings is 1. The van der Waals surface area contributed by atoms with E-state index in [1.165, 1.54) is 0 Å². The lowest BCUT2D eigenvalue weighted by Crippen LogP contribution is -1.87. The molecule has 0 saturated heterocycles. The third kappa shape index (κ3) is 1.67. The fourth-order valence-corrected chi connectivity index (χ4v) is 1.44. The molecule has 0 unspecified atom stereocenters. The van der Waals surface area contributed by atoms with Gasteiger partial charge in [-0.1, -0.05) is 17.7 Å². The van der Waals surface area contributed by atoms with Crippen molar-refractivity contribution in [2.45, 2.75) is 0 Å². The Labute approximate surface area is 86.2 Å². The Bertz CT molecular complexity index is 494. The first-order chi connectivity index (χ1) is 6.79. The topological polar surface area (TPSA) is 51.3 Å². The lowest BCUT2D eigenvalue weighted by Gasteiger charge is -1.98. The summed E-state index contributed by atoms with van der Waals surface area (Å²) in [5, 5.41) is 4.98. The van der Waals surface area contributed by atoms with E-state index < -0.39 is 0 Å². The van der Waals surface area contributed by atoms with Gasteiger partial charge in [-0.05, 0) is 29.8 Å². The maximum atomic E-state index is 5.76. The van der Waals surface area contributed by atoms with Gasteiger partial charge >= 0.3 is 0 Å². The quantitative estimate of drug-likeness (QED) is 0.336. The monoisotopic (exact) mass is 205 g/mol. The molecular formula is C10H8ClN3. The molecule has 0 aliphatic carbocycles. The molecule has 0 aliphatic rings. The molecule has 0 radical (unpaired) electrons. The summed E-state index contributed by atoms with van der Waals surface area (Å²) in [5.74, 6) is 5.06. The average Bonchev–Trinajstić information content (AvgIpc) is 2.19. The Morgan fingerprint density at radius 2 is 2.14 bits per heavy atom. The van der Waals surface area contributed by atoms with Crippen LogP contribution in [-0.4, -0.2) is 11.2 Å². The molecule has 0 amide bonds. The molecule has 1 heterocycles. The first-order valence-corrected chi connectivity index (χ1v) is 4.47. The second-order valence-electron chi connectivity index (χ2n) is 2.86. The average molecular weight is 206 g/mol. The van der Waals surface area contributed by atoms with E-state index in [1.54, 1.807) is 12.3 Å². The molecule has 0 aliphatic heterocycles. The van der Waals surface area contributed by atoms with Gasteiger partial charge in [0.2, 0.25) is 0 Å². The van der Waals surface area contributed by atoms with Crippen molar-refractivity contribution in [3.05, 3.63) is 41.0 Å². The van der Waals surface area contributed by atoms with Crippen LogP contribution in [0.1, 0.15) is 5.56 Å². The van der Waals surface area contributed by atoms with Gasteiger partial charge in [-0.3, -0.25) is 0 Å². The third-order valence-electron chi connectivity index (χ3n) is 1.90. The van der Waals surface area contributed by atoms with Crippen LogP contribution in [0.15, 0.2) is 35.4 Å². The van der Waals surface area contributed by atoms with E-state index in [0.717, 1.165) is 16.5 Å². The van der Waals surface area contributed by atoms with Crippen molar-refractivity contribution in [1.82, 2.24) is 4.98 Å². The number of hydrogen-bond acceptors (Lipinski definition) is 3. The second-order valence-corrected chi connectivity index (χ2v) is 3.25. The van der Waals surface area contributed by atoms with E-state index in [9.17, 15) is 0 Å². The molecule has 1 aromatic heterocycles. The first kappa shape index (κ1) is 8.97. The smallest absolute Gasteiger partial charge is 0.129 e. The highest BCUT2D eigenvalue weighted by molar-refractivity contribution is 6.29. The summed E-state index contributed by atoms with van der Waals surface area (Å²) < 4.78 is 0. The van der Waals surface area contributed by atoms with Gasteiger partial charge in [-0.2, -0.15) is 5.10 Å². The number of nitrogens with two attached hydrogens (primary N) is 1. The molecule has 4 heteroatoms. The van der Waals surface area contributed by atoms with Gasteiger partial charge in [0.25, 0.3) is 0 Å². The Morgan fingerprint density at radius 1 is 1.29 bits per heavy atom. The number of nitrogens with zero attached hydrogens (tertiary/aromatic N) is 2. The molecule has 0 saturated carbocycles. The van der Waals surface area contributed by atoms with Gasteiger partial charge in [-0.15, -0.1) is 0 Å². The molecular weight excluding hydrogens is 198 g/mol. The number of aromatic nitrogens is 1. The molecule has 2 rings (SSSR count). The summed E-state index contributed by atoms with van der Waals surface area (Å²) in [6.45, 7) is 0. The summed E-state index contributed by atoms with van der Waals surface area (Å²) in [6, 6.07) is 9.40. The Balaban J connectivity index is 2.61. The molecule has 0 spiro atoms. The fraction of sp³-hybridized carbons (Fsp3) is 0. The predicted molar refractivity (Wildman–Crippen MR) is 58.5 cm³/mol. The molecule has 1 aromatic carbocycles. The van der Waals surface area contributed by atoms with Crippen LogP contribution in [0.4, 0.5) is 0 Å². The standard InChI is InChI=1S/C10H8ClN3/c11-10-4-2-8-5-7(6-13-12)1-3-9(8)14-10/h1-6H,12H2. The van der Waals surface area contributed by atoms with Crippen molar-refractivity contribution in [1.29, 1.82) is 0 Å². The van der Waals surface area contributed by atoms with Crippen LogP contribution in [-0.2, 0) is 0 Å². The third-order valence-corrected chi connectivity index (χ3v) is 2.11. The van der Waals surface area contributed by atoms with Gasteiger partial charge in [0, 0.05) is 5.39 Å². The minimum atomic E-state index is 0.498. The van der Waals surface area contributed by atoms with Crippen molar-refractivity contribution in [2.75, 3.05) is 0 Å². The van der Waals surface area contributed by atoms with Gasteiger partial charge in [0.05, 0.1) is 11.7 Å². The van der Waals surface area contributed by atoms with E-state index in [2.05, 4.69) is 10.1 Å². The largest absolute Gasteiger partial charge is 0.323 e. The number of halogens is 1. The van der Waals surface area contributed by atoms with Crippen LogP contribution in [0.3, 0.4) is 0 Å². The van der Waals surface area contributed by atoms with Crippen molar-refractivity contribution in [3.8, 4) is 0 Å². The number of rotatable bonds is 1. The lowest BCUT2D eigenvalue weighted by atomic mass is 10.1. The van der Waals surface area contributed by atoms with E-state index in [4.69, 9.17) is 17.4 Å². The fourth-order valence-electron chi connectivity index (χ4n) is 1.29. The van der Waals surface area contributed by atoms with Crippen molar-refractivity contribution in [3.63, 3.8) is 0 Å². The summed E-state index contributed by atoms with van der Waals surface area (Å²) in [4.78, 5) is 4.17. The maximum absolute atomic E-state index is 5.76. The lowest BCUT2D eigenvalue weighted by molar-refractivity contribution is 1.26. The molecule has 2 aromatic rings. The number of benzene rings is 1. The second kappa shape index (κ2) is 3.64. The zero-order valence-corrected chi connectivity index (χ0v) is 8.07. The number of fused-ring (bicyclic) bond motifs is 1. The predicted octanol–water partition coefficient (Wildman–Crippen LogP) is 2.18. The summed E-state index contributed by atoms with van der Waals surface area (Å²) in [6.07, 6.45) is 1.59. The summed E-state index contributed by atoms with van der Waals surface area (Å²) >= 11 is 5.76. The Hall–Kier alpha value is -1.61. The summed E-state index contributed by atoms with van der Waals surface area (Å²) in [5.41, 5.74) is 1.82. The first-order valence-electron chi connectivity index (χ1n) is 4.09. The van der Waals surface area contributed by atoms with E-state index in [0.29, 0.717) is 5.15 Å². The van der Waals surface area contributed by atoms with E-state index in [-0.39, 0.29) is 0 Å². The highest BCUT2D eigenvalue weighted by atomic mass is 35.5. The van der Waals surface area contributed by atoms with E-state index in [1.807, 2.05) is 24.3 Å². The van der Waals surface area contributed by atoms with E-state index >= 15 is 0 Å². The van der Waals surface area contributed by atoms with Crippen LogP contribution >= 0.6 is 11.6 Å². The number of hydrogen-bond donors (Lipinski definition) is 1. The van der Waals surface area contributed by atoms with Crippen molar-refractivity contribution >= 4 is 28.7 Å². The zero-order valence-electron chi connectivity index (χ0n) is 7.31. The highest BCUT2D eigenvalue weighted by Crippen LogP contribution is 2.16. The maximum Gasteiger partial charge on any atom is 0.129 e. The Morgan fingerprint density at radius 3 is 2.93 bits per heavy atom. The highest BCUT2D eigenvalue weighted by Gasteiger charge is 1.96. The molecule has 0 fully saturated rings. The zero-order chi connectivity index (χ0) is 9.97. The van der Waals surface area contributed by atoms with Gasteiger partial charge in [0.15, 0.2) is 0 Å². The molecule has 0 bridgehead atoms. The van der Waals surface area contributed by atoms with Crippen LogP contribution in [0, 0.1) is 0 Å². The van der Waals surface area contributed by atoms with Crippen LogP contribution in [0.2, 0.25) is 5.15 Å². The van der Waals surface area contributed by atoms with Crippen LogP contribution in [0.5, 0.6) is 0 Å². The summed E-state index contributed by atoms with van der Waals surface area (Å²) in [7, 11) is 0. The van der Waals surface area contributed by atoms with Gasteiger partial charge in [0.1, 0.15) is 5.15 Å². The van der Waals surface area contributed by atoms with Crippen LogP contribution < -0.4 is 5.84 Å². The molecule has 3 nitrogen and oxygen atoms in total. The normalized spacial score (nSPS) is 11.2. The minimum absolute atomic E-state index is 0.498. The molecule has 70 valence electrons. The molecule has 14 heavy (non-hydrogen) atoms. The van der Waals surface area contributed by atoms with Crippen LogP contribution in [0.25, 0.3) is 10.9 Å².